The van der Waals surface area contributed by atoms with Gasteiger partial charge in [0.15, 0.2) is 5.82 Å². The summed E-state index contributed by atoms with van der Waals surface area (Å²) in [5, 5.41) is 7.63. The van der Waals surface area contributed by atoms with E-state index in [2.05, 4.69) is 15.4 Å². The molecule has 0 fully saturated rings. The molecule has 26 heavy (non-hydrogen) atoms. The SMILES string of the molecule is CCOC(=O)n1nc(NC(=O)c2ccccn2)c2c1C1(C)C=C(Cl)N1C2. The molecular weight excluding hydrogens is 358 g/mol. The maximum absolute atomic E-state index is 12.4. The van der Waals surface area contributed by atoms with E-state index in [1.54, 1.807) is 25.1 Å². The third-order valence-corrected chi connectivity index (χ3v) is 4.88. The molecule has 1 N–H and O–H groups in total. The van der Waals surface area contributed by atoms with Crippen molar-refractivity contribution < 1.29 is 14.3 Å². The van der Waals surface area contributed by atoms with Gasteiger partial charge < -0.3 is 15.0 Å². The lowest BCUT2D eigenvalue weighted by Crippen LogP contribution is -2.45. The molecule has 8 nitrogen and oxygen atoms in total. The molecule has 2 aromatic rings. The first kappa shape index (κ1) is 16.6. The minimum Gasteiger partial charge on any atom is -0.448 e. The molecule has 2 aliphatic heterocycles. The van der Waals surface area contributed by atoms with Crippen molar-refractivity contribution in [1.29, 1.82) is 0 Å². The van der Waals surface area contributed by atoms with Gasteiger partial charge in [-0.2, -0.15) is 4.68 Å². The lowest BCUT2D eigenvalue weighted by Gasteiger charge is -2.42. The zero-order chi connectivity index (χ0) is 18.5. The Balaban J connectivity index is 1.73. The van der Waals surface area contributed by atoms with Crippen molar-refractivity contribution in [2.45, 2.75) is 25.9 Å². The van der Waals surface area contributed by atoms with Gasteiger partial charge in [0.25, 0.3) is 5.91 Å². The third-order valence-electron chi connectivity index (χ3n) is 4.57. The molecule has 0 radical (unpaired) electrons. The van der Waals surface area contributed by atoms with E-state index in [-0.39, 0.29) is 12.3 Å². The van der Waals surface area contributed by atoms with Crippen LogP contribution in [-0.4, -0.2) is 38.3 Å². The topological polar surface area (TPSA) is 89.3 Å². The van der Waals surface area contributed by atoms with Crippen LogP contribution >= 0.6 is 11.6 Å². The normalized spacial score (nSPS) is 20.0. The van der Waals surface area contributed by atoms with E-state index in [0.717, 1.165) is 5.56 Å². The van der Waals surface area contributed by atoms with Crippen molar-refractivity contribution in [2.24, 2.45) is 0 Å². The molecule has 134 valence electrons. The van der Waals surface area contributed by atoms with Gasteiger partial charge in [-0.05, 0) is 32.1 Å². The summed E-state index contributed by atoms with van der Waals surface area (Å²) in [4.78, 5) is 30.8. The number of nitrogens with one attached hydrogen (secondary N) is 1. The summed E-state index contributed by atoms with van der Waals surface area (Å²) < 4.78 is 6.30. The first-order valence-electron chi connectivity index (χ1n) is 8.13. The number of amides is 1. The van der Waals surface area contributed by atoms with Gasteiger partial charge in [0, 0.05) is 11.8 Å². The Hall–Kier alpha value is -2.87. The van der Waals surface area contributed by atoms with Crippen LogP contribution < -0.4 is 5.32 Å². The summed E-state index contributed by atoms with van der Waals surface area (Å²) in [5.41, 5.74) is 1.09. The van der Waals surface area contributed by atoms with Crippen LogP contribution in [0.5, 0.6) is 0 Å². The molecule has 0 aliphatic carbocycles. The number of nitrogens with zero attached hydrogens (tertiary/aromatic N) is 4. The highest BCUT2D eigenvalue weighted by Crippen LogP contribution is 2.52. The number of halogens is 1. The number of carbonyl (C=O) groups excluding carboxylic acids is 2. The second kappa shape index (κ2) is 5.84. The van der Waals surface area contributed by atoms with Crippen LogP contribution in [0, 0.1) is 0 Å². The van der Waals surface area contributed by atoms with E-state index < -0.39 is 17.5 Å². The maximum Gasteiger partial charge on any atom is 0.435 e. The Morgan fingerprint density at radius 2 is 2.23 bits per heavy atom. The van der Waals surface area contributed by atoms with Crippen LogP contribution in [0.2, 0.25) is 0 Å². The lowest BCUT2D eigenvalue weighted by molar-refractivity contribution is 0.102. The molecule has 9 heteroatoms. The van der Waals surface area contributed by atoms with Crippen molar-refractivity contribution in [2.75, 3.05) is 11.9 Å². The standard InChI is InChI=1S/C17H16ClN5O3/c1-3-26-16(25)23-13-10(9-22-12(18)8-17(13,22)2)14(21-23)20-15(24)11-6-4-5-7-19-11/h4-8H,3,9H2,1-2H3,(H,20,21,24). The number of aromatic nitrogens is 3. The smallest absolute Gasteiger partial charge is 0.435 e. The highest BCUT2D eigenvalue weighted by molar-refractivity contribution is 6.30. The minimum atomic E-state index is -0.596. The van der Waals surface area contributed by atoms with Crippen molar-refractivity contribution in [3.05, 3.63) is 52.6 Å². The molecule has 1 amide bonds. The van der Waals surface area contributed by atoms with E-state index in [0.29, 0.717) is 23.2 Å². The van der Waals surface area contributed by atoms with Crippen LogP contribution in [0.3, 0.4) is 0 Å². The number of anilines is 1. The van der Waals surface area contributed by atoms with Gasteiger partial charge in [0.1, 0.15) is 16.4 Å². The van der Waals surface area contributed by atoms with Crippen molar-refractivity contribution in [1.82, 2.24) is 19.7 Å². The summed E-state index contributed by atoms with van der Waals surface area (Å²) in [5.74, 6) is -0.0995. The van der Waals surface area contributed by atoms with Crippen molar-refractivity contribution in [3.63, 3.8) is 0 Å². The molecular formula is C17H16ClN5O3. The molecule has 4 heterocycles. The highest BCUT2D eigenvalue weighted by atomic mass is 35.5. The van der Waals surface area contributed by atoms with E-state index in [4.69, 9.17) is 16.3 Å². The predicted octanol–water partition coefficient (Wildman–Crippen LogP) is 2.66. The van der Waals surface area contributed by atoms with Gasteiger partial charge in [-0.25, -0.2) is 4.79 Å². The van der Waals surface area contributed by atoms with Crippen molar-refractivity contribution >= 4 is 29.4 Å². The van der Waals surface area contributed by atoms with Crippen LogP contribution in [-0.2, 0) is 16.8 Å². The molecule has 1 atom stereocenters. The molecule has 2 aliphatic rings. The summed E-state index contributed by atoms with van der Waals surface area (Å²) in [6, 6.07) is 5.05. The Labute approximate surface area is 154 Å². The number of carbonyl (C=O) groups is 2. The number of fused-ring (bicyclic) bond motifs is 3. The number of rotatable bonds is 3. The Bertz CT molecular complexity index is 939. The zero-order valence-corrected chi connectivity index (χ0v) is 14.9. The maximum atomic E-state index is 12.4. The molecule has 0 saturated carbocycles. The Morgan fingerprint density at radius 3 is 2.88 bits per heavy atom. The minimum absolute atomic E-state index is 0.222. The number of hydrogen-bond donors (Lipinski definition) is 1. The molecule has 1 unspecified atom stereocenters. The van der Waals surface area contributed by atoms with Crippen LogP contribution in [0.1, 0.15) is 35.6 Å². The van der Waals surface area contributed by atoms with E-state index in [1.165, 1.54) is 10.9 Å². The van der Waals surface area contributed by atoms with Gasteiger partial charge in [-0.3, -0.25) is 9.78 Å². The summed E-state index contributed by atoms with van der Waals surface area (Å²) in [6.45, 7) is 4.32. The monoisotopic (exact) mass is 373 g/mol. The average molecular weight is 374 g/mol. The first-order valence-corrected chi connectivity index (χ1v) is 8.51. The molecule has 0 bridgehead atoms. The molecule has 2 aromatic heterocycles. The van der Waals surface area contributed by atoms with E-state index in [9.17, 15) is 9.59 Å². The number of pyridine rings is 1. The fourth-order valence-corrected chi connectivity index (χ4v) is 3.79. The van der Waals surface area contributed by atoms with E-state index in [1.807, 2.05) is 17.9 Å². The third kappa shape index (κ3) is 2.29. The van der Waals surface area contributed by atoms with E-state index >= 15 is 0 Å². The Kier molecular flexibility index (Phi) is 3.73. The molecule has 0 spiro atoms. The largest absolute Gasteiger partial charge is 0.448 e. The summed E-state index contributed by atoms with van der Waals surface area (Å²) in [6.07, 6.45) is 2.79. The van der Waals surface area contributed by atoms with Gasteiger partial charge >= 0.3 is 6.09 Å². The fourth-order valence-electron chi connectivity index (χ4n) is 3.34. The van der Waals surface area contributed by atoms with Crippen LogP contribution in [0.25, 0.3) is 0 Å². The van der Waals surface area contributed by atoms with Crippen molar-refractivity contribution in [3.8, 4) is 0 Å². The summed E-state index contributed by atoms with van der Waals surface area (Å²) in [7, 11) is 0. The number of ether oxygens (including phenoxy) is 1. The number of hydrogen-bond acceptors (Lipinski definition) is 6. The van der Waals surface area contributed by atoms with Gasteiger partial charge in [0.2, 0.25) is 0 Å². The average Bonchev–Trinajstić information content (AvgIpc) is 3.09. The quantitative estimate of drug-likeness (QED) is 0.832. The second-order valence-electron chi connectivity index (χ2n) is 6.16. The van der Waals surface area contributed by atoms with Gasteiger partial charge in [0.05, 0.1) is 18.8 Å². The molecule has 0 aromatic carbocycles. The molecule has 0 saturated heterocycles. The lowest BCUT2D eigenvalue weighted by atomic mass is 9.93. The zero-order valence-electron chi connectivity index (χ0n) is 14.2. The molecule has 4 rings (SSSR count). The first-order chi connectivity index (χ1) is 12.5. The Morgan fingerprint density at radius 1 is 1.42 bits per heavy atom. The predicted molar refractivity (Wildman–Crippen MR) is 93.7 cm³/mol. The van der Waals surface area contributed by atoms with Gasteiger partial charge in [-0.1, -0.05) is 17.7 Å². The van der Waals surface area contributed by atoms with Gasteiger partial charge in [-0.15, -0.1) is 5.10 Å². The van der Waals surface area contributed by atoms with Crippen LogP contribution in [0.4, 0.5) is 10.6 Å². The summed E-state index contributed by atoms with van der Waals surface area (Å²) >= 11 is 6.18. The fraction of sp³-hybridized carbons (Fsp3) is 0.294. The van der Waals surface area contributed by atoms with Crippen LogP contribution in [0.15, 0.2) is 35.6 Å². The second-order valence-corrected chi connectivity index (χ2v) is 6.54. The highest BCUT2D eigenvalue weighted by Gasteiger charge is 2.52.